The summed E-state index contributed by atoms with van der Waals surface area (Å²) in [6, 6.07) is 2.05. The maximum Gasteiger partial charge on any atom is 0.240 e. The molecule has 0 atom stereocenters. The molecule has 0 aliphatic heterocycles. The van der Waals surface area contributed by atoms with Crippen LogP contribution in [-0.2, 0) is 4.74 Å². The molecule has 6 nitrogen and oxygen atoms in total. The van der Waals surface area contributed by atoms with E-state index in [0.717, 1.165) is 29.1 Å². The van der Waals surface area contributed by atoms with Gasteiger partial charge in [-0.05, 0) is 17.4 Å². The van der Waals surface area contributed by atoms with Crippen LogP contribution in [-0.4, -0.2) is 36.8 Å². The number of nitrogens with zero attached hydrogens (tertiary/aromatic N) is 3. The molecule has 0 aliphatic carbocycles. The molecule has 3 N–H and O–H groups in total. The second kappa shape index (κ2) is 6.83. The number of thiophene rings is 1. The lowest BCUT2D eigenvalue weighted by Crippen LogP contribution is -2.32. The van der Waals surface area contributed by atoms with Gasteiger partial charge in [-0.25, -0.2) is 10.8 Å². The summed E-state index contributed by atoms with van der Waals surface area (Å²) in [5, 5.41) is 3.08. The molecule has 2 aromatic rings. The van der Waals surface area contributed by atoms with Crippen molar-refractivity contribution in [1.82, 2.24) is 9.97 Å². The van der Waals surface area contributed by atoms with E-state index in [2.05, 4.69) is 40.2 Å². The first-order valence-electron chi connectivity index (χ1n) is 6.61. The van der Waals surface area contributed by atoms with Crippen LogP contribution < -0.4 is 16.2 Å². The third-order valence-corrected chi connectivity index (χ3v) is 3.69. The summed E-state index contributed by atoms with van der Waals surface area (Å²) in [5.41, 5.74) is 2.54. The summed E-state index contributed by atoms with van der Waals surface area (Å²) in [7, 11) is 1.71. The highest BCUT2D eigenvalue weighted by atomic mass is 32.1. The third kappa shape index (κ3) is 3.36. The first-order chi connectivity index (χ1) is 9.65. The number of nitrogen functional groups attached to an aromatic ring is 1. The highest BCUT2D eigenvalue weighted by Gasteiger charge is 2.16. The molecule has 20 heavy (non-hydrogen) atoms. The number of ether oxygens (including phenoxy) is 1. The average molecular weight is 295 g/mol. The topological polar surface area (TPSA) is 76.3 Å². The first kappa shape index (κ1) is 15.0. The Morgan fingerprint density at radius 1 is 1.45 bits per heavy atom. The van der Waals surface area contributed by atoms with Crippen LogP contribution in [0, 0.1) is 5.92 Å². The van der Waals surface area contributed by atoms with Gasteiger partial charge in [-0.2, -0.15) is 4.98 Å². The molecular weight excluding hydrogens is 274 g/mol. The zero-order chi connectivity index (χ0) is 14.5. The predicted octanol–water partition coefficient (Wildman–Crippen LogP) is 2.09. The second-order valence-electron chi connectivity index (χ2n) is 4.99. The van der Waals surface area contributed by atoms with Crippen molar-refractivity contribution >= 4 is 33.3 Å². The quantitative estimate of drug-likeness (QED) is 0.601. The van der Waals surface area contributed by atoms with Gasteiger partial charge in [-0.3, -0.25) is 5.43 Å². The highest BCUT2D eigenvalue weighted by Crippen LogP contribution is 2.29. The molecule has 0 unspecified atom stereocenters. The van der Waals surface area contributed by atoms with Crippen molar-refractivity contribution in [2.45, 2.75) is 13.8 Å². The van der Waals surface area contributed by atoms with Crippen LogP contribution in [0.3, 0.4) is 0 Å². The van der Waals surface area contributed by atoms with Crippen molar-refractivity contribution in [3.05, 3.63) is 11.4 Å². The van der Waals surface area contributed by atoms with E-state index in [1.165, 1.54) is 0 Å². The summed E-state index contributed by atoms with van der Waals surface area (Å²) >= 11 is 1.59. The van der Waals surface area contributed by atoms with Crippen LogP contribution in [0.15, 0.2) is 11.4 Å². The molecule has 0 fully saturated rings. The number of nitrogens with two attached hydrogens (primary N) is 1. The molecule has 7 heteroatoms. The van der Waals surface area contributed by atoms with Crippen LogP contribution in [0.5, 0.6) is 0 Å². The maximum absolute atomic E-state index is 5.47. The van der Waals surface area contributed by atoms with E-state index in [4.69, 9.17) is 10.6 Å². The maximum atomic E-state index is 5.47. The van der Waals surface area contributed by atoms with E-state index in [-0.39, 0.29) is 0 Å². The number of methoxy groups -OCH3 is 1. The van der Waals surface area contributed by atoms with Gasteiger partial charge in [0.05, 0.1) is 12.0 Å². The Hall–Kier alpha value is -1.44. The van der Waals surface area contributed by atoms with Crippen molar-refractivity contribution in [2.75, 3.05) is 37.1 Å². The molecule has 0 aromatic carbocycles. The van der Waals surface area contributed by atoms with E-state index in [9.17, 15) is 0 Å². The molecule has 0 saturated carbocycles. The highest BCUT2D eigenvalue weighted by molar-refractivity contribution is 7.16. The van der Waals surface area contributed by atoms with E-state index in [1.54, 1.807) is 18.4 Å². The Morgan fingerprint density at radius 3 is 2.90 bits per heavy atom. The number of aromatic nitrogens is 2. The molecule has 0 radical (unpaired) electrons. The lowest BCUT2D eigenvalue weighted by atomic mass is 10.2. The Bertz CT molecular complexity index is 557. The molecule has 0 spiro atoms. The molecule has 2 heterocycles. The number of hydrazine groups is 1. The standard InChI is InChI=1S/C13H21N5OS/c1-9(2)8-18(5-6-19-3)11-10-4-7-20-12(10)16-13(15-11)17-14/h4,7,9H,5-6,8,14H2,1-3H3,(H,15,16,17). The number of rotatable bonds is 7. The molecular formula is C13H21N5OS. The molecule has 2 rings (SSSR count). The van der Waals surface area contributed by atoms with E-state index < -0.39 is 0 Å². The first-order valence-corrected chi connectivity index (χ1v) is 7.49. The summed E-state index contributed by atoms with van der Waals surface area (Å²) in [5.74, 6) is 7.36. The normalized spacial score (nSPS) is 11.2. The number of fused-ring (bicyclic) bond motifs is 1. The van der Waals surface area contributed by atoms with Crippen LogP contribution in [0.1, 0.15) is 13.8 Å². The predicted molar refractivity (Wildman–Crippen MR) is 84.2 cm³/mol. The number of anilines is 2. The molecule has 110 valence electrons. The zero-order valence-electron chi connectivity index (χ0n) is 12.1. The number of nitrogens with one attached hydrogen (secondary N) is 1. The number of hydrogen-bond acceptors (Lipinski definition) is 7. The summed E-state index contributed by atoms with van der Waals surface area (Å²) in [6.45, 7) is 6.74. The molecule has 0 saturated heterocycles. The minimum Gasteiger partial charge on any atom is -0.383 e. The summed E-state index contributed by atoms with van der Waals surface area (Å²) in [4.78, 5) is 12.1. The van der Waals surface area contributed by atoms with Crippen LogP contribution >= 0.6 is 11.3 Å². The van der Waals surface area contributed by atoms with Crippen LogP contribution in [0.2, 0.25) is 0 Å². The van der Waals surface area contributed by atoms with Gasteiger partial charge in [0.1, 0.15) is 10.6 Å². The monoisotopic (exact) mass is 295 g/mol. The minimum atomic E-state index is 0.445. The number of hydrogen-bond donors (Lipinski definition) is 2. The van der Waals surface area contributed by atoms with Crippen molar-refractivity contribution in [1.29, 1.82) is 0 Å². The van der Waals surface area contributed by atoms with E-state index in [0.29, 0.717) is 18.5 Å². The Kier molecular flexibility index (Phi) is 5.11. The lowest BCUT2D eigenvalue weighted by Gasteiger charge is -2.26. The van der Waals surface area contributed by atoms with E-state index in [1.807, 2.05) is 5.38 Å². The molecule has 0 aliphatic rings. The molecule has 0 bridgehead atoms. The fraction of sp³-hybridized carbons (Fsp3) is 0.538. The van der Waals surface area contributed by atoms with Crippen molar-refractivity contribution < 1.29 is 4.74 Å². The van der Waals surface area contributed by atoms with Crippen molar-refractivity contribution in [3.63, 3.8) is 0 Å². The van der Waals surface area contributed by atoms with Gasteiger partial charge in [0.25, 0.3) is 0 Å². The third-order valence-electron chi connectivity index (χ3n) is 2.88. The van der Waals surface area contributed by atoms with Gasteiger partial charge < -0.3 is 9.64 Å². The largest absolute Gasteiger partial charge is 0.383 e. The van der Waals surface area contributed by atoms with Crippen LogP contribution in [0.4, 0.5) is 11.8 Å². The fourth-order valence-electron chi connectivity index (χ4n) is 2.07. The summed E-state index contributed by atoms with van der Waals surface area (Å²) < 4.78 is 5.20. The van der Waals surface area contributed by atoms with E-state index >= 15 is 0 Å². The fourth-order valence-corrected chi connectivity index (χ4v) is 2.83. The Morgan fingerprint density at radius 2 is 2.25 bits per heavy atom. The Labute approximate surface area is 122 Å². The van der Waals surface area contributed by atoms with Gasteiger partial charge in [0.15, 0.2) is 0 Å². The van der Waals surface area contributed by atoms with Crippen molar-refractivity contribution in [2.24, 2.45) is 11.8 Å². The van der Waals surface area contributed by atoms with Gasteiger partial charge in [0, 0.05) is 20.2 Å². The van der Waals surface area contributed by atoms with Gasteiger partial charge in [0.2, 0.25) is 5.95 Å². The van der Waals surface area contributed by atoms with Gasteiger partial charge >= 0.3 is 0 Å². The van der Waals surface area contributed by atoms with Crippen molar-refractivity contribution in [3.8, 4) is 0 Å². The summed E-state index contributed by atoms with van der Waals surface area (Å²) in [6.07, 6.45) is 0. The molecule has 2 aromatic heterocycles. The average Bonchev–Trinajstić information content (AvgIpc) is 2.90. The second-order valence-corrected chi connectivity index (χ2v) is 5.88. The zero-order valence-corrected chi connectivity index (χ0v) is 12.9. The van der Waals surface area contributed by atoms with Gasteiger partial charge in [-0.15, -0.1) is 11.3 Å². The lowest BCUT2D eigenvalue weighted by molar-refractivity contribution is 0.204. The SMILES string of the molecule is COCCN(CC(C)C)c1nc(NN)nc2sccc12. The smallest absolute Gasteiger partial charge is 0.240 e. The van der Waals surface area contributed by atoms with Gasteiger partial charge in [-0.1, -0.05) is 13.8 Å². The Balaban J connectivity index is 2.41. The minimum absolute atomic E-state index is 0.445. The van der Waals surface area contributed by atoms with Crippen LogP contribution in [0.25, 0.3) is 10.2 Å². The molecule has 0 amide bonds.